The molecule has 212 valence electrons. The summed E-state index contributed by atoms with van der Waals surface area (Å²) in [6, 6.07) is 13.0. The molecule has 0 saturated heterocycles. The first-order valence-corrected chi connectivity index (χ1v) is 12.7. The molecule has 0 radical (unpaired) electrons. The zero-order valence-corrected chi connectivity index (χ0v) is 21.2. The fourth-order valence-electron chi connectivity index (χ4n) is 5.60. The molecule has 0 spiro atoms. The van der Waals surface area contributed by atoms with Gasteiger partial charge in [-0.2, -0.15) is 0 Å². The van der Waals surface area contributed by atoms with E-state index in [2.05, 4.69) is 0 Å². The Labute approximate surface area is 232 Å². The molecule has 0 bridgehead atoms. The molecule has 9 N–H and O–H groups in total. The molecule has 0 saturated carbocycles. The number of aliphatic hydroxyl groups excluding tert-OH is 2. The third kappa shape index (κ3) is 4.31. The maximum Gasteiger partial charge on any atom is 0.157 e. The molecule has 0 aromatic heterocycles. The summed E-state index contributed by atoms with van der Waals surface area (Å²) in [5, 5.41) is 94.1. The zero-order chi connectivity index (χ0) is 29.2. The molecule has 0 amide bonds. The number of ether oxygens (including phenoxy) is 2. The van der Waals surface area contributed by atoms with Crippen LogP contribution in [0.2, 0.25) is 0 Å². The number of hydrogen-bond acceptors (Lipinski definition) is 11. The lowest BCUT2D eigenvalue weighted by Crippen LogP contribution is -2.37. The summed E-state index contributed by atoms with van der Waals surface area (Å²) < 4.78 is 12.4. The molecule has 6 rings (SSSR count). The van der Waals surface area contributed by atoms with Crippen LogP contribution in [-0.2, 0) is 6.42 Å². The van der Waals surface area contributed by atoms with Crippen LogP contribution in [0.3, 0.4) is 0 Å². The molecule has 5 atom stereocenters. The van der Waals surface area contributed by atoms with Gasteiger partial charge in [-0.05, 0) is 41.5 Å². The highest BCUT2D eigenvalue weighted by Crippen LogP contribution is 2.56. The summed E-state index contributed by atoms with van der Waals surface area (Å²) in [4.78, 5) is 0. The fraction of sp³-hybridized carbons (Fsp3) is 0.200. The molecule has 2 aliphatic rings. The maximum absolute atomic E-state index is 11.7. The van der Waals surface area contributed by atoms with Gasteiger partial charge < -0.3 is 55.4 Å². The van der Waals surface area contributed by atoms with Crippen LogP contribution < -0.4 is 9.47 Å². The summed E-state index contributed by atoms with van der Waals surface area (Å²) in [5.41, 5.74) is 1.26. The van der Waals surface area contributed by atoms with E-state index < -0.39 is 41.8 Å². The minimum Gasteiger partial charge on any atom is -0.508 e. The van der Waals surface area contributed by atoms with Crippen molar-refractivity contribution in [1.29, 1.82) is 0 Å². The lowest BCUT2D eigenvalue weighted by molar-refractivity contribution is -0.00244. The third-order valence-corrected chi connectivity index (χ3v) is 7.59. The number of hydrogen-bond donors (Lipinski definition) is 9. The topological polar surface area (TPSA) is 201 Å². The van der Waals surface area contributed by atoms with Crippen molar-refractivity contribution in [3.63, 3.8) is 0 Å². The zero-order valence-electron chi connectivity index (χ0n) is 21.2. The van der Waals surface area contributed by atoms with Gasteiger partial charge in [0.1, 0.15) is 41.0 Å². The Kier molecular flexibility index (Phi) is 6.13. The highest BCUT2D eigenvalue weighted by molar-refractivity contribution is 5.64. The van der Waals surface area contributed by atoms with E-state index in [0.29, 0.717) is 5.56 Å². The summed E-state index contributed by atoms with van der Waals surface area (Å²) in [6.07, 6.45) is -4.89. The molecule has 0 fully saturated rings. The predicted octanol–water partition coefficient (Wildman–Crippen LogP) is 3.29. The van der Waals surface area contributed by atoms with Crippen LogP contribution >= 0.6 is 0 Å². The van der Waals surface area contributed by atoms with E-state index in [1.165, 1.54) is 54.6 Å². The van der Waals surface area contributed by atoms with Crippen molar-refractivity contribution >= 4 is 0 Å². The molecular weight excluding hydrogens is 536 g/mol. The number of rotatable bonds is 3. The van der Waals surface area contributed by atoms with Crippen LogP contribution in [0, 0.1) is 0 Å². The molecule has 41 heavy (non-hydrogen) atoms. The van der Waals surface area contributed by atoms with Gasteiger partial charge in [0.15, 0.2) is 29.1 Å². The largest absolute Gasteiger partial charge is 0.508 e. The van der Waals surface area contributed by atoms with E-state index in [0.717, 1.165) is 6.07 Å². The monoisotopic (exact) mass is 562 g/mol. The van der Waals surface area contributed by atoms with Gasteiger partial charge in [-0.15, -0.1) is 0 Å². The molecule has 11 heteroatoms. The van der Waals surface area contributed by atoms with Crippen molar-refractivity contribution in [2.45, 2.75) is 36.8 Å². The van der Waals surface area contributed by atoms with Crippen LogP contribution in [0.5, 0.6) is 51.7 Å². The number of phenolic OH excluding ortho intramolecular Hbond substituents is 7. The first-order valence-electron chi connectivity index (χ1n) is 12.7. The standard InChI is InChI=1S/C30H26O11/c31-14-3-4-15(19(34)9-14)25-26-24(40-29(27(25)39)13-2-6-18(33)22(37)8-13)11-20(35)16-10-23(38)28(41-30(16)26)12-1-5-17(32)21(36)7-12/h1-9,11,23,25,27-29,31-39H,10H2/t23-,25-,27+,28-,29+/m0/s1. The van der Waals surface area contributed by atoms with Gasteiger partial charge >= 0.3 is 0 Å². The van der Waals surface area contributed by atoms with Crippen molar-refractivity contribution < 1.29 is 55.4 Å². The normalized spacial score (nSPS) is 23.1. The summed E-state index contributed by atoms with van der Waals surface area (Å²) in [6.45, 7) is 0. The van der Waals surface area contributed by atoms with E-state index in [4.69, 9.17) is 9.47 Å². The maximum atomic E-state index is 11.7. The van der Waals surface area contributed by atoms with Crippen LogP contribution in [0.15, 0.2) is 60.7 Å². The number of aromatic hydroxyl groups is 7. The quantitative estimate of drug-likeness (QED) is 0.166. The lowest BCUT2D eigenvalue weighted by Gasteiger charge is -2.41. The Morgan fingerprint density at radius 3 is 1.83 bits per heavy atom. The highest BCUT2D eigenvalue weighted by Gasteiger charge is 2.45. The fourth-order valence-corrected chi connectivity index (χ4v) is 5.60. The van der Waals surface area contributed by atoms with Gasteiger partial charge in [0.2, 0.25) is 0 Å². The molecule has 2 aliphatic heterocycles. The van der Waals surface area contributed by atoms with Crippen LogP contribution in [0.4, 0.5) is 0 Å². The van der Waals surface area contributed by atoms with Crippen molar-refractivity contribution in [3.05, 3.63) is 88.5 Å². The summed E-state index contributed by atoms with van der Waals surface area (Å²) in [7, 11) is 0. The van der Waals surface area contributed by atoms with Crippen molar-refractivity contribution in [2.75, 3.05) is 0 Å². The minimum atomic E-state index is -1.43. The Morgan fingerprint density at radius 2 is 1.22 bits per heavy atom. The smallest absolute Gasteiger partial charge is 0.157 e. The van der Waals surface area contributed by atoms with Crippen molar-refractivity contribution in [3.8, 4) is 51.7 Å². The number of aliphatic hydroxyl groups is 2. The first-order chi connectivity index (χ1) is 19.5. The van der Waals surface area contributed by atoms with Crippen molar-refractivity contribution in [2.24, 2.45) is 0 Å². The first kappa shape index (κ1) is 26.2. The van der Waals surface area contributed by atoms with Gasteiger partial charge in [0.05, 0.1) is 6.10 Å². The molecule has 4 aromatic carbocycles. The predicted molar refractivity (Wildman–Crippen MR) is 142 cm³/mol. The second-order valence-electron chi connectivity index (χ2n) is 10.2. The summed E-state index contributed by atoms with van der Waals surface area (Å²) in [5.74, 6) is -3.35. The molecule has 0 unspecified atom stereocenters. The second kappa shape index (κ2) is 9.58. The van der Waals surface area contributed by atoms with Gasteiger partial charge in [-0.1, -0.05) is 18.2 Å². The molecular formula is C30H26O11. The third-order valence-electron chi connectivity index (χ3n) is 7.59. The van der Waals surface area contributed by atoms with E-state index in [1.54, 1.807) is 0 Å². The average molecular weight is 563 g/mol. The average Bonchev–Trinajstić information content (AvgIpc) is 2.92. The lowest BCUT2D eigenvalue weighted by atomic mass is 9.77. The Bertz CT molecular complexity index is 1670. The van der Waals surface area contributed by atoms with Crippen LogP contribution in [0.25, 0.3) is 0 Å². The van der Waals surface area contributed by atoms with Crippen LogP contribution in [0.1, 0.15) is 45.9 Å². The van der Waals surface area contributed by atoms with Gasteiger partial charge in [-0.25, -0.2) is 0 Å². The van der Waals surface area contributed by atoms with Crippen molar-refractivity contribution in [1.82, 2.24) is 0 Å². The molecule has 0 aliphatic carbocycles. The van der Waals surface area contributed by atoms with Gasteiger partial charge in [0, 0.05) is 41.2 Å². The summed E-state index contributed by atoms with van der Waals surface area (Å²) >= 11 is 0. The number of phenols is 7. The Hall–Kier alpha value is -5.00. The van der Waals surface area contributed by atoms with E-state index in [-0.39, 0.29) is 68.9 Å². The Morgan fingerprint density at radius 1 is 0.585 bits per heavy atom. The van der Waals surface area contributed by atoms with Crippen LogP contribution in [-0.4, -0.2) is 58.2 Å². The SMILES string of the molecule is Oc1ccc([C@H]2c3c(cc(O)c4c3O[C@@H](c3ccc(O)c(O)c3)[C@@H](O)C4)O[C@H](c3ccc(O)c(O)c3)[C@@H]2O)c(O)c1. The number of benzene rings is 4. The van der Waals surface area contributed by atoms with E-state index in [1.807, 2.05) is 0 Å². The highest BCUT2D eigenvalue weighted by atomic mass is 16.5. The molecule has 2 heterocycles. The Balaban J connectivity index is 1.55. The minimum absolute atomic E-state index is 0.0743. The van der Waals surface area contributed by atoms with E-state index >= 15 is 0 Å². The van der Waals surface area contributed by atoms with Gasteiger partial charge in [0.25, 0.3) is 0 Å². The second-order valence-corrected chi connectivity index (χ2v) is 10.2. The van der Waals surface area contributed by atoms with E-state index in [9.17, 15) is 46.0 Å². The molecule has 11 nitrogen and oxygen atoms in total. The number of fused-ring (bicyclic) bond motifs is 3. The van der Waals surface area contributed by atoms with Gasteiger partial charge in [-0.3, -0.25) is 0 Å². The molecule has 4 aromatic rings.